The number of amides is 2. The molecule has 2 amide bonds. The van der Waals surface area contributed by atoms with E-state index in [1.165, 1.54) is 0 Å². The number of fused-ring (bicyclic) bond motifs is 1. The quantitative estimate of drug-likeness (QED) is 0.709. The highest BCUT2D eigenvalue weighted by molar-refractivity contribution is 6.04. The van der Waals surface area contributed by atoms with Gasteiger partial charge in [-0.3, -0.25) is 9.59 Å². The zero-order chi connectivity index (χ0) is 19.5. The van der Waals surface area contributed by atoms with E-state index >= 15 is 0 Å². The molecule has 2 atom stereocenters. The minimum Gasteiger partial charge on any atom is -0.486 e. The first-order valence-electron chi connectivity index (χ1n) is 9.45. The van der Waals surface area contributed by atoms with Gasteiger partial charge in [0.2, 0.25) is 5.91 Å². The maximum atomic E-state index is 12.7. The van der Waals surface area contributed by atoms with Gasteiger partial charge in [-0.25, -0.2) is 0 Å². The lowest BCUT2D eigenvalue weighted by molar-refractivity contribution is -0.117. The molecule has 2 unspecified atom stereocenters. The van der Waals surface area contributed by atoms with Crippen LogP contribution in [0.25, 0.3) is 0 Å². The molecule has 1 saturated carbocycles. The normalized spacial score (nSPS) is 19.6. The van der Waals surface area contributed by atoms with E-state index in [-0.39, 0.29) is 23.7 Å². The first-order chi connectivity index (χ1) is 13.7. The third-order valence-corrected chi connectivity index (χ3v) is 4.98. The molecule has 4 N–H and O–H groups in total. The molecule has 2 aromatic rings. The average Bonchev–Trinajstić information content (AvgIpc) is 3.53. The van der Waals surface area contributed by atoms with Gasteiger partial charge in [0.05, 0.1) is 11.3 Å². The van der Waals surface area contributed by atoms with Gasteiger partial charge < -0.3 is 25.8 Å². The largest absolute Gasteiger partial charge is 0.486 e. The molecule has 4 rings (SSSR count). The van der Waals surface area contributed by atoms with Crippen molar-refractivity contribution >= 4 is 17.5 Å². The second-order valence-corrected chi connectivity index (χ2v) is 6.93. The number of carbonyl (C=O) groups is 2. The Morgan fingerprint density at radius 2 is 1.86 bits per heavy atom. The highest BCUT2D eigenvalue weighted by Gasteiger charge is 2.44. The van der Waals surface area contributed by atoms with E-state index in [1.54, 1.807) is 24.3 Å². The standard InChI is InChI=1S/C21H23N3O4/c22-7-8-23-20(25)14-3-1-2-4-17(14)24-21(26)16-12-15(16)13-5-6-18-19(11-13)28-10-9-27-18/h1-6,11,15-16H,7-10,12,22H2,(H,23,25)(H,24,26). The van der Waals surface area contributed by atoms with E-state index < -0.39 is 0 Å². The second kappa shape index (κ2) is 7.90. The average molecular weight is 381 g/mol. The maximum Gasteiger partial charge on any atom is 0.253 e. The molecule has 2 aromatic carbocycles. The Morgan fingerprint density at radius 1 is 1.07 bits per heavy atom. The van der Waals surface area contributed by atoms with Gasteiger partial charge in [0.15, 0.2) is 11.5 Å². The molecule has 7 nitrogen and oxygen atoms in total. The van der Waals surface area contributed by atoms with Crippen molar-refractivity contribution in [3.63, 3.8) is 0 Å². The van der Waals surface area contributed by atoms with Gasteiger partial charge in [-0.1, -0.05) is 18.2 Å². The molecular formula is C21H23N3O4. The molecule has 1 aliphatic heterocycles. The number of hydrogen-bond donors (Lipinski definition) is 3. The number of carbonyl (C=O) groups excluding carboxylic acids is 2. The molecule has 0 spiro atoms. The van der Waals surface area contributed by atoms with E-state index in [4.69, 9.17) is 15.2 Å². The van der Waals surface area contributed by atoms with Crippen LogP contribution < -0.4 is 25.8 Å². The van der Waals surface area contributed by atoms with Gasteiger partial charge in [0, 0.05) is 19.0 Å². The zero-order valence-corrected chi connectivity index (χ0v) is 15.4. The summed E-state index contributed by atoms with van der Waals surface area (Å²) >= 11 is 0. The lowest BCUT2D eigenvalue weighted by Gasteiger charge is -2.18. The summed E-state index contributed by atoms with van der Waals surface area (Å²) in [4.78, 5) is 25.0. The number of para-hydroxylation sites is 1. The Morgan fingerprint density at radius 3 is 2.68 bits per heavy atom. The summed E-state index contributed by atoms with van der Waals surface area (Å²) in [6.45, 7) is 1.84. The van der Waals surface area contributed by atoms with E-state index in [0.717, 1.165) is 23.5 Å². The highest BCUT2D eigenvalue weighted by atomic mass is 16.6. The molecule has 0 saturated heterocycles. The number of nitrogens with one attached hydrogen (secondary N) is 2. The fraction of sp³-hybridized carbons (Fsp3) is 0.333. The fourth-order valence-corrected chi connectivity index (χ4v) is 3.44. The molecule has 0 radical (unpaired) electrons. The number of ether oxygens (including phenoxy) is 2. The zero-order valence-electron chi connectivity index (χ0n) is 15.4. The third kappa shape index (κ3) is 3.80. The predicted octanol–water partition coefficient (Wildman–Crippen LogP) is 1.89. The van der Waals surface area contributed by atoms with Gasteiger partial charge in [-0.15, -0.1) is 0 Å². The predicted molar refractivity (Wildman–Crippen MR) is 105 cm³/mol. The molecule has 28 heavy (non-hydrogen) atoms. The van der Waals surface area contributed by atoms with Crippen LogP contribution in [0.2, 0.25) is 0 Å². The van der Waals surface area contributed by atoms with Crippen molar-refractivity contribution in [1.82, 2.24) is 5.32 Å². The Hall–Kier alpha value is -3.06. The second-order valence-electron chi connectivity index (χ2n) is 6.93. The molecule has 1 aliphatic carbocycles. The van der Waals surface area contributed by atoms with Crippen molar-refractivity contribution in [2.75, 3.05) is 31.6 Å². The van der Waals surface area contributed by atoms with E-state index in [2.05, 4.69) is 10.6 Å². The van der Waals surface area contributed by atoms with Crippen LogP contribution in [0.15, 0.2) is 42.5 Å². The first kappa shape index (κ1) is 18.3. The van der Waals surface area contributed by atoms with Crippen LogP contribution in [0.4, 0.5) is 5.69 Å². The van der Waals surface area contributed by atoms with Crippen LogP contribution in [0.5, 0.6) is 11.5 Å². The van der Waals surface area contributed by atoms with Gasteiger partial charge in [0.1, 0.15) is 13.2 Å². The summed E-state index contributed by atoms with van der Waals surface area (Å²) in [7, 11) is 0. The molecule has 7 heteroatoms. The lowest BCUT2D eigenvalue weighted by Crippen LogP contribution is -2.30. The lowest BCUT2D eigenvalue weighted by atomic mass is 10.1. The van der Waals surface area contributed by atoms with Crippen molar-refractivity contribution < 1.29 is 19.1 Å². The SMILES string of the molecule is NCCNC(=O)c1ccccc1NC(=O)C1CC1c1ccc2c(c1)OCCO2. The Bertz CT molecular complexity index is 899. The number of rotatable bonds is 6. The summed E-state index contributed by atoms with van der Waals surface area (Å²) in [6, 6.07) is 12.8. The number of hydrogen-bond acceptors (Lipinski definition) is 5. The van der Waals surface area contributed by atoms with Crippen LogP contribution in [0.3, 0.4) is 0 Å². The molecule has 146 valence electrons. The summed E-state index contributed by atoms with van der Waals surface area (Å²) in [5.74, 6) is 1.17. The Kier molecular flexibility index (Phi) is 5.16. The van der Waals surface area contributed by atoms with Crippen LogP contribution >= 0.6 is 0 Å². The van der Waals surface area contributed by atoms with Crippen molar-refractivity contribution in [3.8, 4) is 11.5 Å². The summed E-state index contributed by atoms with van der Waals surface area (Å²) in [6.07, 6.45) is 0.771. The topological polar surface area (TPSA) is 103 Å². The summed E-state index contributed by atoms with van der Waals surface area (Å²) < 4.78 is 11.2. The van der Waals surface area contributed by atoms with Crippen molar-refractivity contribution in [2.24, 2.45) is 11.7 Å². The molecule has 1 heterocycles. The van der Waals surface area contributed by atoms with E-state index in [9.17, 15) is 9.59 Å². The maximum absolute atomic E-state index is 12.7. The minimum atomic E-state index is -0.250. The number of nitrogens with two attached hydrogens (primary N) is 1. The van der Waals surface area contributed by atoms with Gasteiger partial charge >= 0.3 is 0 Å². The fourth-order valence-electron chi connectivity index (χ4n) is 3.44. The van der Waals surface area contributed by atoms with E-state index in [0.29, 0.717) is 37.6 Å². The minimum absolute atomic E-state index is 0.0843. The van der Waals surface area contributed by atoms with Gasteiger partial charge in [-0.05, 0) is 42.2 Å². The van der Waals surface area contributed by atoms with Crippen LogP contribution in [-0.4, -0.2) is 38.1 Å². The highest BCUT2D eigenvalue weighted by Crippen LogP contribution is 2.49. The monoisotopic (exact) mass is 381 g/mol. The van der Waals surface area contributed by atoms with Crippen molar-refractivity contribution in [1.29, 1.82) is 0 Å². The molecule has 1 fully saturated rings. The Labute approximate surface area is 163 Å². The van der Waals surface area contributed by atoms with Gasteiger partial charge in [-0.2, -0.15) is 0 Å². The van der Waals surface area contributed by atoms with E-state index in [1.807, 2.05) is 18.2 Å². The smallest absolute Gasteiger partial charge is 0.253 e. The van der Waals surface area contributed by atoms with Gasteiger partial charge in [0.25, 0.3) is 5.91 Å². The molecule has 0 bridgehead atoms. The molecule has 2 aliphatic rings. The Balaban J connectivity index is 1.43. The summed E-state index contributed by atoms with van der Waals surface area (Å²) in [5.41, 5.74) is 7.44. The van der Waals surface area contributed by atoms with Crippen molar-refractivity contribution in [2.45, 2.75) is 12.3 Å². The van der Waals surface area contributed by atoms with Crippen LogP contribution in [0, 0.1) is 5.92 Å². The van der Waals surface area contributed by atoms with Crippen LogP contribution in [0.1, 0.15) is 28.3 Å². The molecule has 0 aromatic heterocycles. The van der Waals surface area contributed by atoms with Crippen LogP contribution in [-0.2, 0) is 4.79 Å². The number of benzene rings is 2. The first-order valence-corrected chi connectivity index (χ1v) is 9.45. The molecular weight excluding hydrogens is 358 g/mol. The third-order valence-electron chi connectivity index (χ3n) is 4.98. The van der Waals surface area contributed by atoms with Crippen molar-refractivity contribution in [3.05, 3.63) is 53.6 Å². The number of anilines is 1. The summed E-state index contributed by atoms with van der Waals surface area (Å²) in [5, 5.41) is 5.63.